The number of carbonyl (C=O) groups excluding carboxylic acids is 1. The summed E-state index contributed by atoms with van der Waals surface area (Å²) >= 11 is 13.7. The first-order chi connectivity index (χ1) is 9.89. The van der Waals surface area contributed by atoms with Crippen LogP contribution in [0.1, 0.15) is 5.56 Å². The zero-order chi connectivity index (χ0) is 15.6. The van der Waals surface area contributed by atoms with Crippen molar-refractivity contribution < 1.29 is 18.5 Å². The Morgan fingerprint density at radius 1 is 1.48 bits per heavy atom. The van der Waals surface area contributed by atoms with Gasteiger partial charge in [0.1, 0.15) is 6.54 Å². The normalized spacial score (nSPS) is 21.3. The first kappa shape index (κ1) is 16.3. The molecule has 114 valence electrons. The predicted octanol–water partition coefficient (Wildman–Crippen LogP) is 2.32. The average molecular weight is 351 g/mol. The average Bonchev–Trinajstić information content (AvgIpc) is 2.67. The van der Waals surface area contributed by atoms with Crippen LogP contribution in [0.4, 0.5) is 4.79 Å². The number of aliphatic hydroxyl groups excluding tert-OH is 1. The highest BCUT2D eigenvalue weighted by Crippen LogP contribution is 2.45. The number of hydrogen-bond donors (Lipinski definition) is 3. The molecule has 2 rings (SSSR count). The minimum Gasteiger partial charge on any atom is -0.390 e. The second-order valence-corrected chi connectivity index (χ2v) is 6.44. The van der Waals surface area contributed by atoms with Crippen LogP contribution >= 0.6 is 35.3 Å². The van der Waals surface area contributed by atoms with E-state index >= 15 is 0 Å². The van der Waals surface area contributed by atoms with E-state index in [1.54, 1.807) is 18.2 Å². The van der Waals surface area contributed by atoms with Crippen molar-refractivity contribution in [1.82, 2.24) is 4.72 Å². The van der Waals surface area contributed by atoms with Crippen LogP contribution in [0.5, 0.6) is 0 Å². The van der Waals surface area contributed by atoms with Gasteiger partial charge in [0.05, 0.1) is 29.3 Å². The highest BCUT2D eigenvalue weighted by atomic mass is 35.5. The number of carbonyl (C=O) groups is 1. The maximum absolute atomic E-state index is 11.1. The first-order valence-electron chi connectivity index (χ1n) is 5.96. The van der Waals surface area contributed by atoms with Gasteiger partial charge >= 0.3 is 6.09 Å². The third-order valence-corrected chi connectivity index (χ3v) is 4.63. The SMILES string of the molecule is C[N+]1(CCO)SNC(OC(N)=O)=C1c1c(Cl)cccc1Cl. The molecule has 0 spiro atoms. The van der Waals surface area contributed by atoms with E-state index in [4.69, 9.17) is 33.7 Å². The van der Waals surface area contributed by atoms with Crippen molar-refractivity contribution in [1.29, 1.82) is 0 Å². The largest absolute Gasteiger partial charge is 0.411 e. The van der Waals surface area contributed by atoms with Gasteiger partial charge in [-0.15, -0.1) is 0 Å². The fourth-order valence-corrected chi connectivity index (χ4v) is 3.48. The summed E-state index contributed by atoms with van der Waals surface area (Å²) in [6, 6.07) is 5.09. The highest BCUT2D eigenvalue weighted by molar-refractivity contribution is 7.92. The van der Waals surface area contributed by atoms with E-state index in [1.807, 2.05) is 7.05 Å². The van der Waals surface area contributed by atoms with Gasteiger partial charge in [0.25, 0.3) is 5.88 Å². The standard InChI is InChI=1S/C12H13Cl2N3O3S/c1-17(5-6-18)10(11(16-21-17)20-12(15)19)9-7(13)3-2-4-8(9)14/h2-4,16,18H,5-6H2,1H3,(H-,15,19)/p+1. The molecular weight excluding hydrogens is 337 g/mol. The summed E-state index contributed by atoms with van der Waals surface area (Å²) in [4.78, 5) is 11.1. The molecule has 1 aromatic rings. The van der Waals surface area contributed by atoms with E-state index in [0.717, 1.165) is 0 Å². The molecule has 21 heavy (non-hydrogen) atoms. The van der Waals surface area contributed by atoms with Gasteiger partial charge in [-0.05, 0) is 12.1 Å². The van der Waals surface area contributed by atoms with Gasteiger partial charge in [0.2, 0.25) is 17.8 Å². The van der Waals surface area contributed by atoms with Crippen molar-refractivity contribution in [2.45, 2.75) is 0 Å². The number of likely N-dealkylation sites (N-methyl/N-ethyl adjacent to an activating group) is 1. The van der Waals surface area contributed by atoms with E-state index < -0.39 is 6.09 Å². The fraction of sp³-hybridized carbons (Fsp3) is 0.250. The van der Waals surface area contributed by atoms with Crippen LogP contribution in [0.2, 0.25) is 10.0 Å². The van der Waals surface area contributed by atoms with E-state index in [1.165, 1.54) is 12.1 Å². The molecule has 0 bridgehead atoms. The second-order valence-electron chi connectivity index (χ2n) is 4.44. The lowest BCUT2D eigenvalue weighted by Crippen LogP contribution is -2.36. The van der Waals surface area contributed by atoms with Crippen LogP contribution in [-0.2, 0) is 4.74 Å². The molecule has 1 aromatic carbocycles. The zero-order valence-corrected chi connectivity index (χ0v) is 13.4. The van der Waals surface area contributed by atoms with Crippen molar-refractivity contribution in [3.63, 3.8) is 0 Å². The topological polar surface area (TPSA) is 84.6 Å². The number of hydrogen-bond acceptors (Lipinski definition) is 5. The number of quaternary nitrogens is 1. The minimum absolute atomic E-state index is 0.0688. The molecule has 0 aliphatic carbocycles. The van der Waals surface area contributed by atoms with Crippen LogP contribution in [0.25, 0.3) is 5.70 Å². The third kappa shape index (κ3) is 3.22. The van der Waals surface area contributed by atoms with Crippen molar-refractivity contribution in [2.24, 2.45) is 5.73 Å². The Kier molecular flexibility index (Phi) is 4.90. The molecular formula is C12H14Cl2N3O3S+. The summed E-state index contributed by atoms with van der Waals surface area (Å²) in [6.45, 7) is 0.292. The lowest BCUT2D eigenvalue weighted by atomic mass is 10.1. The number of halogens is 2. The molecule has 1 aliphatic heterocycles. The molecule has 9 heteroatoms. The van der Waals surface area contributed by atoms with Gasteiger partial charge in [0, 0.05) is 0 Å². The van der Waals surface area contributed by atoms with Gasteiger partial charge < -0.3 is 15.6 Å². The van der Waals surface area contributed by atoms with Crippen molar-refractivity contribution in [3.05, 3.63) is 39.7 Å². The fourth-order valence-electron chi connectivity index (χ4n) is 2.04. The van der Waals surface area contributed by atoms with E-state index in [-0.39, 0.29) is 16.4 Å². The highest BCUT2D eigenvalue weighted by Gasteiger charge is 2.44. The number of nitrogens with two attached hydrogens (primary N) is 1. The van der Waals surface area contributed by atoms with Gasteiger partial charge in [-0.25, -0.2) is 13.4 Å². The van der Waals surface area contributed by atoms with Crippen molar-refractivity contribution >= 4 is 47.1 Å². The van der Waals surface area contributed by atoms with Gasteiger partial charge in [-0.1, -0.05) is 29.3 Å². The number of aliphatic hydroxyl groups is 1. The maximum atomic E-state index is 11.1. The lowest BCUT2D eigenvalue weighted by molar-refractivity contribution is -0.693. The Labute approximate surface area is 136 Å². The summed E-state index contributed by atoms with van der Waals surface area (Å²) in [5.41, 5.74) is 6.16. The Bertz CT molecular complexity index is 591. The third-order valence-electron chi connectivity index (χ3n) is 2.96. The van der Waals surface area contributed by atoms with E-state index in [9.17, 15) is 9.90 Å². The molecule has 1 aliphatic rings. The molecule has 0 saturated carbocycles. The number of amides is 1. The van der Waals surface area contributed by atoms with Gasteiger partial charge in [0.15, 0.2) is 0 Å². The predicted molar refractivity (Wildman–Crippen MR) is 82.9 cm³/mol. The summed E-state index contributed by atoms with van der Waals surface area (Å²) < 4.78 is 8.07. The van der Waals surface area contributed by atoms with E-state index in [0.29, 0.717) is 27.9 Å². The second kappa shape index (κ2) is 6.33. The number of nitrogens with zero attached hydrogens (tertiary/aromatic N) is 1. The van der Waals surface area contributed by atoms with Gasteiger partial charge in [-0.3, -0.25) is 0 Å². The molecule has 1 heterocycles. The zero-order valence-electron chi connectivity index (χ0n) is 11.1. The van der Waals surface area contributed by atoms with Crippen LogP contribution < -0.4 is 10.5 Å². The Balaban J connectivity index is 2.62. The van der Waals surface area contributed by atoms with E-state index in [2.05, 4.69) is 4.72 Å². The number of ether oxygens (including phenoxy) is 1. The minimum atomic E-state index is -0.948. The van der Waals surface area contributed by atoms with Crippen LogP contribution in [0.15, 0.2) is 24.1 Å². The van der Waals surface area contributed by atoms with Crippen molar-refractivity contribution in [2.75, 3.05) is 20.2 Å². The molecule has 0 fully saturated rings. The van der Waals surface area contributed by atoms with Crippen LogP contribution in [0, 0.1) is 0 Å². The summed E-state index contributed by atoms with van der Waals surface area (Å²) in [7, 11) is 1.83. The Hall–Kier alpha value is -1.12. The molecule has 4 N–H and O–H groups in total. The number of nitrogens with one attached hydrogen (secondary N) is 1. The molecule has 1 amide bonds. The molecule has 1 unspecified atom stereocenters. The summed E-state index contributed by atoms with van der Waals surface area (Å²) in [6.07, 6.45) is -0.948. The molecule has 0 radical (unpaired) electrons. The smallest absolute Gasteiger partial charge is 0.390 e. The number of rotatable bonds is 4. The maximum Gasteiger partial charge on any atom is 0.411 e. The molecule has 6 nitrogen and oxygen atoms in total. The van der Waals surface area contributed by atoms with Crippen molar-refractivity contribution in [3.8, 4) is 0 Å². The summed E-state index contributed by atoms with van der Waals surface area (Å²) in [5.74, 6) is 0.165. The number of primary amides is 1. The molecule has 0 saturated heterocycles. The Morgan fingerprint density at radius 2 is 2.10 bits per heavy atom. The molecule has 1 atom stereocenters. The lowest BCUT2D eigenvalue weighted by Gasteiger charge is -2.26. The molecule has 0 aromatic heterocycles. The monoisotopic (exact) mass is 350 g/mol. The summed E-state index contributed by atoms with van der Waals surface area (Å²) in [5, 5.41) is 10.1. The number of benzene rings is 1. The van der Waals surface area contributed by atoms with Crippen LogP contribution in [-0.4, -0.2) is 35.3 Å². The quantitative estimate of drug-likeness (QED) is 0.573. The first-order valence-corrected chi connectivity index (χ1v) is 7.49. The van der Waals surface area contributed by atoms with Gasteiger partial charge in [-0.2, -0.15) is 0 Å². The Morgan fingerprint density at radius 3 is 2.62 bits per heavy atom. The van der Waals surface area contributed by atoms with Crippen LogP contribution in [0.3, 0.4) is 0 Å².